The maximum absolute atomic E-state index is 11.5. The fourth-order valence-electron chi connectivity index (χ4n) is 3.52. The van der Waals surface area contributed by atoms with Gasteiger partial charge in [-0.2, -0.15) is 0 Å². The van der Waals surface area contributed by atoms with Gasteiger partial charge in [0, 0.05) is 53.6 Å². The molecule has 0 saturated heterocycles. The summed E-state index contributed by atoms with van der Waals surface area (Å²) in [5.41, 5.74) is 9.51. The third-order valence-corrected chi connectivity index (χ3v) is 5.44. The molecule has 0 saturated carbocycles. The Labute approximate surface area is 214 Å². The lowest BCUT2D eigenvalue weighted by Gasteiger charge is -2.02. The topological polar surface area (TPSA) is 124 Å². The molecule has 0 fully saturated rings. The van der Waals surface area contributed by atoms with Crippen molar-refractivity contribution in [3.63, 3.8) is 0 Å². The number of aromatic nitrogens is 2. The van der Waals surface area contributed by atoms with Gasteiger partial charge < -0.3 is 26.1 Å². The van der Waals surface area contributed by atoms with Crippen LogP contribution in [0.1, 0.15) is 58.1 Å². The number of aromatic amines is 2. The number of carboxylic acids is 1. The summed E-state index contributed by atoms with van der Waals surface area (Å²) < 4.78 is 0. The zero-order chi connectivity index (χ0) is 25.5. The number of fused-ring (bicyclic) bond motifs is 2. The number of nitrogens with one attached hydrogen (secondary N) is 3. The van der Waals surface area contributed by atoms with Gasteiger partial charge in [-0.05, 0) is 55.5 Å². The molecule has 4 aromatic rings. The first-order chi connectivity index (χ1) is 17.0. The van der Waals surface area contributed by atoms with E-state index in [0.29, 0.717) is 12.8 Å². The molecule has 7 nitrogen and oxygen atoms in total. The molecule has 0 unspecified atom stereocenters. The van der Waals surface area contributed by atoms with E-state index in [0.717, 1.165) is 54.3 Å². The molecule has 0 atom stereocenters. The summed E-state index contributed by atoms with van der Waals surface area (Å²) in [4.78, 5) is 28.3. The fraction of sp³-hybridized carbons (Fsp3) is 0.379. The Morgan fingerprint density at radius 1 is 0.833 bits per heavy atom. The zero-order valence-electron chi connectivity index (χ0n) is 20.8. The number of hydrogen-bond acceptors (Lipinski definition) is 3. The van der Waals surface area contributed by atoms with Gasteiger partial charge in [-0.15, -0.1) is 0 Å². The molecule has 0 radical (unpaired) electrons. The number of aliphatic carboxylic acids is 1. The normalized spacial score (nSPS) is 9.97. The van der Waals surface area contributed by atoms with Crippen LogP contribution in [-0.2, 0) is 22.4 Å². The predicted molar refractivity (Wildman–Crippen MR) is 150 cm³/mol. The van der Waals surface area contributed by atoms with Crippen molar-refractivity contribution in [2.75, 3.05) is 13.1 Å². The number of carbonyl (C=O) groups excluding carboxylic acids is 1. The lowest BCUT2D eigenvalue weighted by atomic mass is 10.1. The first kappa shape index (κ1) is 30.5. The van der Waals surface area contributed by atoms with Gasteiger partial charge in [0.1, 0.15) is 0 Å². The lowest BCUT2D eigenvalue weighted by molar-refractivity contribution is -0.137. The summed E-state index contributed by atoms with van der Waals surface area (Å²) in [5.74, 6) is -0.618. The van der Waals surface area contributed by atoms with Crippen molar-refractivity contribution >= 4 is 33.7 Å². The molecule has 0 bridgehead atoms. The highest BCUT2D eigenvalue weighted by molar-refractivity contribution is 5.84. The van der Waals surface area contributed by atoms with Crippen LogP contribution >= 0.6 is 0 Å². The molecule has 2 heterocycles. The summed E-state index contributed by atoms with van der Waals surface area (Å²) in [6, 6.07) is 16.1. The van der Waals surface area contributed by atoms with Crippen LogP contribution in [0.5, 0.6) is 0 Å². The Hall–Kier alpha value is -3.58. The number of benzene rings is 2. The van der Waals surface area contributed by atoms with Gasteiger partial charge >= 0.3 is 5.97 Å². The van der Waals surface area contributed by atoms with Crippen LogP contribution in [0.15, 0.2) is 60.9 Å². The maximum atomic E-state index is 11.5. The predicted octanol–water partition coefficient (Wildman–Crippen LogP) is 5.80. The number of amides is 1. The van der Waals surface area contributed by atoms with Gasteiger partial charge in [0.2, 0.25) is 5.91 Å². The molecular formula is C29H42N4O3. The number of nitrogens with two attached hydrogens (primary N) is 1. The minimum Gasteiger partial charge on any atom is -0.481 e. The van der Waals surface area contributed by atoms with E-state index < -0.39 is 5.97 Å². The summed E-state index contributed by atoms with van der Waals surface area (Å²) in [6.07, 6.45) is 8.08. The van der Waals surface area contributed by atoms with Gasteiger partial charge in [-0.3, -0.25) is 9.59 Å². The standard InChI is InChI=1S/C14H18N2O.C11H11NO2.C3H9N.CH4/c1-2-9-15-14(17)8-7-11-10-16-13-6-4-3-5-12(11)13;13-11(14)6-5-8-7-12-10-4-2-1-3-9(8)10;1-2-3-4;/h3-6,10,16H,2,7-9H2,1H3,(H,15,17);1-4,7,12H,5-6H2,(H,13,14);2-4H2,1H3;1H4. The summed E-state index contributed by atoms with van der Waals surface area (Å²) in [6.45, 7) is 5.70. The molecule has 4 rings (SSSR count). The largest absolute Gasteiger partial charge is 0.481 e. The highest BCUT2D eigenvalue weighted by Crippen LogP contribution is 2.19. The third kappa shape index (κ3) is 9.96. The molecule has 0 aliphatic heterocycles. The number of H-pyrrole nitrogens is 2. The van der Waals surface area contributed by atoms with Crippen molar-refractivity contribution in [3.05, 3.63) is 72.1 Å². The monoisotopic (exact) mass is 494 g/mol. The van der Waals surface area contributed by atoms with Crippen molar-refractivity contribution in [1.29, 1.82) is 0 Å². The number of carbonyl (C=O) groups is 2. The van der Waals surface area contributed by atoms with Gasteiger partial charge in [-0.25, -0.2) is 0 Å². The van der Waals surface area contributed by atoms with Crippen LogP contribution in [0.4, 0.5) is 0 Å². The van der Waals surface area contributed by atoms with E-state index in [4.69, 9.17) is 10.8 Å². The lowest BCUT2D eigenvalue weighted by Crippen LogP contribution is -2.24. The number of aryl methyl sites for hydroxylation is 2. The van der Waals surface area contributed by atoms with Crippen LogP contribution in [0.25, 0.3) is 21.8 Å². The average Bonchev–Trinajstić information content (AvgIpc) is 3.49. The molecule has 0 aliphatic carbocycles. The molecular weight excluding hydrogens is 452 g/mol. The molecule has 6 N–H and O–H groups in total. The molecule has 1 amide bonds. The third-order valence-electron chi connectivity index (χ3n) is 5.44. The van der Waals surface area contributed by atoms with Crippen molar-refractivity contribution < 1.29 is 14.7 Å². The van der Waals surface area contributed by atoms with Gasteiger partial charge in [0.05, 0.1) is 0 Å². The second kappa shape index (κ2) is 16.9. The van der Waals surface area contributed by atoms with E-state index in [1.807, 2.05) is 48.8 Å². The first-order valence-electron chi connectivity index (χ1n) is 12.3. The van der Waals surface area contributed by atoms with E-state index in [2.05, 4.69) is 41.3 Å². The van der Waals surface area contributed by atoms with E-state index in [-0.39, 0.29) is 19.8 Å². The van der Waals surface area contributed by atoms with E-state index in [1.54, 1.807) is 0 Å². The van der Waals surface area contributed by atoms with Crippen molar-refractivity contribution in [1.82, 2.24) is 15.3 Å². The Kier molecular flexibility index (Phi) is 14.3. The number of para-hydroxylation sites is 2. The molecule has 7 heteroatoms. The molecule has 2 aromatic heterocycles. The Morgan fingerprint density at radius 2 is 1.31 bits per heavy atom. The fourth-order valence-corrected chi connectivity index (χ4v) is 3.52. The Morgan fingerprint density at radius 3 is 1.75 bits per heavy atom. The minimum absolute atomic E-state index is 0. The summed E-state index contributed by atoms with van der Waals surface area (Å²) in [7, 11) is 0. The smallest absolute Gasteiger partial charge is 0.303 e. The van der Waals surface area contributed by atoms with E-state index in [9.17, 15) is 9.59 Å². The summed E-state index contributed by atoms with van der Waals surface area (Å²) in [5, 5.41) is 13.8. The molecule has 36 heavy (non-hydrogen) atoms. The van der Waals surface area contributed by atoms with Crippen molar-refractivity contribution in [2.45, 2.75) is 59.8 Å². The maximum Gasteiger partial charge on any atom is 0.303 e. The van der Waals surface area contributed by atoms with Crippen LogP contribution in [0.3, 0.4) is 0 Å². The highest BCUT2D eigenvalue weighted by atomic mass is 16.4. The minimum atomic E-state index is -0.754. The van der Waals surface area contributed by atoms with Gasteiger partial charge in [0.15, 0.2) is 0 Å². The van der Waals surface area contributed by atoms with E-state index >= 15 is 0 Å². The molecule has 0 spiro atoms. The number of rotatable bonds is 9. The SMILES string of the molecule is C.CCCN.CCCNC(=O)CCc1c[nH]c2ccccc12.O=C(O)CCc1c[nH]c2ccccc12. The molecule has 0 aliphatic rings. The molecule has 196 valence electrons. The van der Waals surface area contributed by atoms with Crippen molar-refractivity contribution in [3.8, 4) is 0 Å². The molecule has 2 aromatic carbocycles. The zero-order valence-corrected chi connectivity index (χ0v) is 20.8. The van der Waals surface area contributed by atoms with Crippen LogP contribution in [0, 0.1) is 0 Å². The second-order valence-corrected chi connectivity index (χ2v) is 8.25. The van der Waals surface area contributed by atoms with Gasteiger partial charge in [0.25, 0.3) is 0 Å². The second-order valence-electron chi connectivity index (χ2n) is 8.25. The van der Waals surface area contributed by atoms with Crippen molar-refractivity contribution in [2.24, 2.45) is 5.73 Å². The first-order valence-corrected chi connectivity index (χ1v) is 12.3. The Bertz CT molecular complexity index is 1180. The number of hydrogen-bond donors (Lipinski definition) is 5. The quantitative estimate of drug-likeness (QED) is 0.202. The highest BCUT2D eigenvalue weighted by Gasteiger charge is 2.06. The van der Waals surface area contributed by atoms with E-state index in [1.165, 1.54) is 10.9 Å². The average molecular weight is 495 g/mol. The summed E-state index contributed by atoms with van der Waals surface area (Å²) >= 11 is 0. The van der Waals surface area contributed by atoms with Crippen LogP contribution in [-0.4, -0.2) is 40.0 Å². The van der Waals surface area contributed by atoms with Gasteiger partial charge in [-0.1, -0.05) is 57.7 Å². The van der Waals surface area contributed by atoms with Crippen LogP contribution < -0.4 is 11.1 Å². The van der Waals surface area contributed by atoms with Crippen LogP contribution in [0.2, 0.25) is 0 Å². The number of carboxylic acid groups (broad SMARTS) is 1. The Balaban J connectivity index is 0.000000310.